The van der Waals surface area contributed by atoms with Crippen LogP contribution in [0.5, 0.6) is 0 Å². The standard InChI is InChI=1S/C10H18FN3/c1-8(2)6-12-10-7-14(5-4-11)13-9(10)3/h7-8,12H,4-6H2,1-3H3. The molecule has 0 aliphatic rings. The Morgan fingerprint density at radius 1 is 1.57 bits per heavy atom. The molecule has 1 rings (SSSR count). The predicted molar refractivity (Wildman–Crippen MR) is 56.3 cm³/mol. The molecule has 1 N–H and O–H groups in total. The van der Waals surface area contributed by atoms with Crippen LogP contribution < -0.4 is 5.32 Å². The molecule has 0 saturated carbocycles. The largest absolute Gasteiger partial charge is 0.382 e. The molecule has 0 radical (unpaired) electrons. The van der Waals surface area contributed by atoms with Gasteiger partial charge in [0.05, 0.1) is 17.9 Å². The molecule has 0 aromatic carbocycles. The molecule has 1 aromatic rings. The Labute approximate surface area is 84.3 Å². The van der Waals surface area contributed by atoms with E-state index in [0.29, 0.717) is 12.5 Å². The van der Waals surface area contributed by atoms with Crippen LogP contribution >= 0.6 is 0 Å². The van der Waals surface area contributed by atoms with E-state index < -0.39 is 0 Å². The average molecular weight is 199 g/mol. The van der Waals surface area contributed by atoms with Crippen molar-refractivity contribution < 1.29 is 4.39 Å². The fourth-order valence-corrected chi connectivity index (χ4v) is 1.21. The molecule has 0 aliphatic carbocycles. The van der Waals surface area contributed by atoms with Gasteiger partial charge in [-0.2, -0.15) is 5.10 Å². The van der Waals surface area contributed by atoms with Crippen LogP contribution in [0.3, 0.4) is 0 Å². The zero-order valence-corrected chi connectivity index (χ0v) is 9.05. The molecule has 0 aliphatic heterocycles. The SMILES string of the molecule is Cc1nn(CCF)cc1NCC(C)C. The van der Waals surface area contributed by atoms with E-state index in [0.717, 1.165) is 17.9 Å². The van der Waals surface area contributed by atoms with Crippen molar-refractivity contribution in [2.75, 3.05) is 18.5 Å². The van der Waals surface area contributed by atoms with Crippen LogP contribution in [0.2, 0.25) is 0 Å². The Morgan fingerprint density at radius 3 is 2.86 bits per heavy atom. The quantitative estimate of drug-likeness (QED) is 0.788. The monoisotopic (exact) mass is 199 g/mol. The number of nitrogens with zero attached hydrogens (tertiary/aromatic N) is 2. The maximum absolute atomic E-state index is 12.1. The number of hydrogen-bond donors (Lipinski definition) is 1. The molecule has 0 spiro atoms. The molecule has 4 heteroatoms. The zero-order valence-electron chi connectivity index (χ0n) is 9.05. The van der Waals surface area contributed by atoms with Crippen molar-refractivity contribution in [1.82, 2.24) is 9.78 Å². The van der Waals surface area contributed by atoms with Gasteiger partial charge < -0.3 is 5.32 Å². The van der Waals surface area contributed by atoms with Gasteiger partial charge in [0, 0.05) is 12.7 Å². The third-order valence-electron chi connectivity index (χ3n) is 1.96. The van der Waals surface area contributed by atoms with E-state index in [9.17, 15) is 4.39 Å². The minimum absolute atomic E-state index is 0.337. The van der Waals surface area contributed by atoms with Gasteiger partial charge in [-0.1, -0.05) is 13.8 Å². The summed E-state index contributed by atoms with van der Waals surface area (Å²) in [6, 6.07) is 0. The number of hydrogen-bond acceptors (Lipinski definition) is 2. The van der Waals surface area contributed by atoms with Gasteiger partial charge in [0.1, 0.15) is 6.67 Å². The van der Waals surface area contributed by atoms with Gasteiger partial charge in [0.2, 0.25) is 0 Å². The lowest BCUT2D eigenvalue weighted by Gasteiger charge is -2.06. The fraction of sp³-hybridized carbons (Fsp3) is 0.700. The number of aryl methyl sites for hydroxylation is 2. The maximum Gasteiger partial charge on any atom is 0.109 e. The highest BCUT2D eigenvalue weighted by molar-refractivity contribution is 5.45. The highest BCUT2D eigenvalue weighted by Gasteiger charge is 2.04. The highest BCUT2D eigenvalue weighted by atomic mass is 19.1. The summed E-state index contributed by atoms with van der Waals surface area (Å²) in [5.41, 5.74) is 1.94. The van der Waals surface area contributed by atoms with E-state index in [1.54, 1.807) is 4.68 Å². The molecule has 0 fully saturated rings. The lowest BCUT2D eigenvalue weighted by Crippen LogP contribution is -2.07. The summed E-state index contributed by atoms with van der Waals surface area (Å²) >= 11 is 0. The van der Waals surface area contributed by atoms with Crippen LogP contribution in [0, 0.1) is 12.8 Å². The van der Waals surface area contributed by atoms with Gasteiger partial charge in [0.25, 0.3) is 0 Å². The molecule has 0 unspecified atom stereocenters. The summed E-state index contributed by atoms with van der Waals surface area (Å²) in [7, 11) is 0. The van der Waals surface area contributed by atoms with Crippen LogP contribution in [-0.2, 0) is 6.54 Å². The Hall–Kier alpha value is -1.06. The van der Waals surface area contributed by atoms with Crippen molar-refractivity contribution in [2.24, 2.45) is 5.92 Å². The van der Waals surface area contributed by atoms with Crippen LogP contribution in [0.15, 0.2) is 6.20 Å². The Morgan fingerprint density at radius 2 is 2.29 bits per heavy atom. The van der Waals surface area contributed by atoms with E-state index in [1.165, 1.54) is 0 Å². The second kappa shape index (κ2) is 4.98. The summed E-state index contributed by atoms with van der Waals surface area (Å²) in [5, 5.41) is 7.48. The number of aromatic nitrogens is 2. The normalized spacial score (nSPS) is 10.9. The molecule has 1 heterocycles. The first-order valence-corrected chi connectivity index (χ1v) is 4.97. The van der Waals surface area contributed by atoms with Gasteiger partial charge in [-0.25, -0.2) is 4.39 Å². The van der Waals surface area contributed by atoms with Crippen molar-refractivity contribution in [3.05, 3.63) is 11.9 Å². The Kier molecular flexibility index (Phi) is 3.92. The first kappa shape index (κ1) is 11.0. The van der Waals surface area contributed by atoms with E-state index in [-0.39, 0.29) is 6.67 Å². The Balaban J connectivity index is 2.58. The van der Waals surface area contributed by atoms with Crippen LogP contribution in [0.4, 0.5) is 10.1 Å². The van der Waals surface area contributed by atoms with Crippen LogP contribution in [-0.4, -0.2) is 23.0 Å². The van der Waals surface area contributed by atoms with Gasteiger partial charge in [-0.05, 0) is 12.8 Å². The van der Waals surface area contributed by atoms with E-state index in [4.69, 9.17) is 0 Å². The fourth-order valence-electron chi connectivity index (χ4n) is 1.21. The average Bonchev–Trinajstić information content (AvgIpc) is 2.44. The second-order valence-corrected chi connectivity index (χ2v) is 3.85. The molecule has 0 saturated heterocycles. The molecule has 0 bridgehead atoms. The van der Waals surface area contributed by atoms with Crippen molar-refractivity contribution in [3.8, 4) is 0 Å². The van der Waals surface area contributed by atoms with Crippen molar-refractivity contribution in [2.45, 2.75) is 27.3 Å². The molecule has 1 aromatic heterocycles. The minimum Gasteiger partial charge on any atom is -0.382 e. The molecular formula is C10H18FN3. The zero-order chi connectivity index (χ0) is 10.6. The van der Waals surface area contributed by atoms with E-state index in [1.807, 2.05) is 13.1 Å². The first-order chi connectivity index (χ1) is 6.63. The number of alkyl halides is 1. The van der Waals surface area contributed by atoms with Crippen LogP contribution in [0.25, 0.3) is 0 Å². The van der Waals surface area contributed by atoms with Crippen LogP contribution in [0.1, 0.15) is 19.5 Å². The van der Waals surface area contributed by atoms with E-state index in [2.05, 4.69) is 24.3 Å². The summed E-state index contributed by atoms with van der Waals surface area (Å²) in [6.07, 6.45) is 1.86. The molecule has 14 heavy (non-hydrogen) atoms. The smallest absolute Gasteiger partial charge is 0.109 e. The maximum atomic E-state index is 12.1. The van der Waals surface area contributed by atoms with Crippen molar-refractivity contribution in [1.29, 1.82) is 0 Å². The lowest BCUT2D eigenvalue weighted by atomic mass is 10.2. The topological polar surface area (TPSA) is 29.9 Å². The summed E-state index contributed by atoms with van der Waals surface area (Å²) in [4.78, 5) is 0. The molecule has 0 amide bonds. The molecular weight excluding hydrogens is 181 g/mol. The third kappa shape index (κ3) is 3.01. The van der Waals surface area contributed by atoms with Gasteiger partial charge in [-0.15, -0.1) is 0 Å². The predicted octanol–water partition coefficient (Wildman–Crippen LogP) is 2.23. The first-order valence-electron chi connectivity index (χ1n) is 4.97. The number of anilines is 1. The highest BCUT2D eigenvalue weighted by Crippen LogP contribution is 2.12. The minimum atomic E-state index is -0.370. The number of rotatable bonds is 5. The van der Waals surface area contributed by atoms with Gasteiger partial charge in [0.15, 0.2) is 0 Å². The van der Waals surface area contributed by atoms with Gasteiger partial charge >= 0.3 is 0 Å². The van der Waals surface area contributed by atoms with Crippen molar-refractivity contribution >= 4 is 5.69 Å². The number of halogens is 1. The number of nitrogens with one attached hydrogen (secondary N) is 1. The van der Waals surface area contributed by atoms with Gasteiger partial charge in [-0.3, -0.25) is 4.68 Å². The molecule has 0 atom stereocenters. The summed E-state index contributed by atoms with van der Waals surface area (Å²) in [6.45, 7) is 7.11. The second-order valence-electron chi connectivity index (χ2n) is 3.85. The third-order valence-corrected chi connectivity index (χ3v) is 1.96. The summed E-state index contributed by atoms with van der Waals surface area (Å²) in [5.74, 6) is 0.596. The summed E-state index contributed by atoms with van der Waals surface area (Å²) < 4.78 is 13.7. The molecule has 80 valence electrons. The molecule has 3 nitrogen and oxygen atoms in total. The van der Waals surface area contributed by atoms with Crippen molar-refractivity contribution in [3.63, 3.8) is 0 Å². The van der Waals surface area contributed by atoms with E-state index >= 15 is 0 Å². The lowest BCUT2D eigenvalue weighted by molar-refractivity contribution is 0.426. The Bertz CT molecular complexity index is 281.